The Kier molecular flexibility index (Phi) is 5.65. The Labute approximate surface area is 184 Å². The molecule has 2 aromatic heterocycles. The first-order chi connectivity index (χ1) is 13.4. The largest absolute Gasteiger partial charge is 0.371 e. The number of halogens is 3. The molecule has 28 heavy (non-hydrogen) atoms. The van der Waals surface area contributed by atoms with E-state index in [0.29, 0.717) is 16.0 Å². The van der Waals surface area contributed by atoms with Crippen molar-refractivity contribution in [2.24, 2.45) is 5.92 Å². The normalized spacial score (nSPS) is 15.6. The molecule has 0 bridgehead atoms. The molecule has 1 aromatic carbocycles. The highest BCUT2D eigenvalue weighted by molar-refractivity contribution is 9.10. The molecule has 146 valence electrons. The van der Waals surface area contributed by atoms with Gasteiger partial charge in [-0.1, -0.05) is 39.1 Å². The first-order valence-electron chi connectivity index (χ1n) is 9.48. The van der Waals surface area contributed by atoms with Crippen LogP contribution in [0.5, 0.6) is 0 Å². The Balaban J connectivity index is 1.88. The Morgan fingerprint density at radius 1 is 1.14 bits per heavy atom. The van der Waals surface area contributed by atoms with E-state index in [2.05, 4.69) is 40.0 Å². The number of hydrogen-bond donors (Lipinski definition) is 0. The van der Waals surface area contributed by atoms with E-state index in [0.717, 1.165) is 64.8 Å². The Morgan fingerprint density at radius 2 is 1.79 bits per heavy atom. The quantitative estimate of drug-likeness (QED) is 0.402. The minimum absolute atomic E-state index is 0.588. The van der Waals surface area contributed by atoms with Gasteiger partial charge in [0.2, 0.25) is 0 Å². The molecule has 3 heterocycles. The summed E-state index contributed by atoms with van der Waals surface area (Å²) in [6.45, 7) is 12.1. The second-order valence-corrected chi connectivity index (χ2v) is 9.28. The van der Waals surface area contributed by atoms with Crippen molar-refractivity contribution in [2.45, 2.75) is 33.1 Å². The van der Waals surface area contributed by atoms with Crippen LogP contribution in [0.15, 0.2) is 28.9 Å². The van der Waals surface area contributed by atoms with Crippen LogP contribution in [0, 0.1) is 26.7 Å². The van der Waals surface area contributed by atoms with E-state index < -0.39 is 0 Å². The van der Waals surface area contributed by atoms with E-state index in [9.17, 15) is 0 Å². The lowest BCUT2D eigenvalue weighted by Crippen LogP contribution is -2.33. The summed E-state index contributed by atoms with van der Waals surface area (Å²) in [5, 5.41) is 2.33. The number of rotatable bonds is 3. The molecular weight excluding hydrogens is 457 g/mol. The third-order valence-corrected chi connectivity index (χ3v) is 6.60. The van der Waals surface area contributed by atoms with Crippen LogP contribution < -0.4 is 4.90 Å². The standard InChI is InChI=1S/C22H22BrCl2N3/c1-4-15-5-7-27(8-6-15)19-9-14(3)26-22-20(19)13(2)12-28(22)21-17(24)10-16(23)11-18(21)25/h1,9-12,15H,4-8H2,2-3H3. The van der Waals surface area contributed by atoms with Gasteiger partial charge in [-0.15, -0.1) is 0 Å². The minimum Gasteiger partial charge on any atom is -0.371 e. The van der Waals surface area contributed by atoms with Crippen LogP contribution in [0.4, 0.5) is 5.69 Å². The summed E-state index contributed by atoms with van der Waals surface area (Å²) in [5.41, 5.74) is 5.02. The summed E-state index contributed by atoms with van der Waals surface area (Å²) in [6.07, 6.45) is 5.11. The molecular formula is C22H22BrCl2N3. The lowest BCUT2D eigenvalue weighted by atomic mass is 9.94. The highest BCUT2D eigenvalue weighted by Crippen LogP contribution is 2.39. The number of benzene rings is 1. The van der Waals surface area contributed by atoms with Gasteiger partial charge in [0.1, 0.15) is 5.65 Å². The van der Waals surface area contributed by atoms with E-state index >= 15 is 0 Å². The van der Waals surface area contributed by atoms with Crippen LogP contribution in [-0.4, -0.2) is 22.6 Å². The van der Waals surface area contributed by atoms with E-state index in [1.165, 1.54) is 5.69 Å². The molecule has 0 atom stereocenters. The van der Waals surface area contributed by atoms with Crippen molar-refractivity contribution < 1.29 is 0 Å². The third kappa shape index (κ3) is 3.55. The van der Waals surface area contributed by atoms with E-state index in [1.807, 2.05) is 23.6 Å². The summed E-state index contributed by atoms with van der Waals surface area (Å²) >= 11 is 16.6. The van der Waals surface area contributed by atoms with Crippen molar-refractivity contribution in [2.75, 3.05) is 18.0 Å². The first-order valence-corrected chi connectivity index (χ1v) is 11.0. The molecule has 0 unspecified atom stereocenters. The van der Waals surface area contributed by atoms with Crippen molar-refractivity contribution in [3.8, 4) is 5.69 Å². The molecule has 0 N–H and O–H groups in total. The molecule has 0 saturated carbocycles. The molecule has 1 fully saturated rings. The Morgan fingerprint density at radius 3 is 2.39 bits per heavy atom. The second-order valence-electron chi connectivity index (χ2n) is 7.55. The van der Waals surface area contributed by atoms with E-state index in [-0.39, 0.29) is 0 Å². The molecule has 3 nitrogen and oxygen atoms in total. The van der Waals surface area contributed by atoms with Gasteiger partial charge in [-0.25, -0.2) is 4.98 Å². The number of hydrogen-bond acceptors (Lipinski definition) is 2. The fourth-order valence-electron chi connectivity index (χ4n) is 4.11. The predicted octanol–water partition coefficient (Wildman–Crippen LogP) is 7.03. The lowest BCUT2D eigenvalue weighted by Gasteiger charge is -2.34. The second kappa shape index (κ2) is 7.89. The summed E-state index contributed by atoms with van der Waals surface area (Å²) in [5.74, 6) is 0.626. The Hall–Kier alpha value is -1.23. The molecule has 1 aliphatic rings. The maximum absolute atomic E-state index is 6.55. The molecule has 0 spiro atoms. The highest BCUT2D eigenvalue weighted by atomic mass is 79.9. The van der Waals surface area contributed by atoms with Gasteiger partial charge in [-0.05, 0) is 69.7 Å². The van der Waals surface area contributed by atoms with Crippen LogP contribution in [0.3, 0.4) is 0 Å². The van der Waals surface area contributed by atoms with Crippen LogP contribution in [-0.2, 0) is 0 Å². The number of aryl methyl sites for hydroxylation is 2. The molecule has 0 aliphatic carbocycles. The molecule has 6 heteroatoms. The van der Waals surface area contributed by atoms with Gasteiger partial charge in [0.25, 0.3) is 0 Å². The number of piperidine rings is 1. The zero-order valence-corrected chi connectivity index (χ0v) is 19.1. The van der Waals surface area contributed by atoms with E-state index in [1.54, 1.807) is 0 Å². The van der Waals surface area contributed by atoms with Crippen molar-refractivity contribution in [1.29, 1.82) is 0 Å². The van der Waals surface area contributed by atoms with Gasteiger partial charge >= 0.3 is 0 Å². The number of pyridine rings is 1. The summed E-state index contributed by atoms with van der Waals surface area (Å²) in [7, 11) is 0. The van der Waals surface area contributed by atoms with Gasteiger partial charge in [-0.2, -0.15) is 0 Å². The van der Waals surface area contributed by atoms with Gasteiger partial charge in [0, 0.05) is 40.5 Å². The Bertz CT molecular complexity index is 1010. The number of nitrogens with zero attached hydrogens (tertiary/aromatic N) is 3. The van der Waals surface area contributed by atoms with Gasteiger partial charge in [-0.3, -0.25) is 4.57 Å². The highest BCUT2D eigenvalue weighted by Gasteiger charge is 2.23. The van der Waals surface area contributed by atoms with Gasteiger partial charge in [0.15, 0.2) is 0 Å². The van der Waals surface area contributed by atoms with Gasteiger partial charge in [0.05, 0.1) is 15.7 Å². The lowest BCUT2D eigenvalue weighted by molar-refractivity contribution is 0.409. The first kappa shape index (κ1) is 20.1. The molecule has 3 aromatic rings. The fraction of sp³-hybridized carbons (Fsp3) is 0.364. The van der Waals surface area contributed by atoms with Crippen molar-refractivity contribution in [3.63, 3.8) is 0 Å². The van der Waals surface area contributed by atoms with Crippen molar-refractivity contribution in [3.05, 3.63) is 57.1 Å². The maximum atomic E-state index is 6.55. The van der Waals surface area contributed by atoms with Crippen LogP contribution in [0.1, 0.15) is 30.5 Å². The number of aromatic nitrogens is 2. The SMILES string of the molecule is [CH]CC1CCN(c2cc(C)nc3c2c(C)cn3-c2c(Cl)cc(Br)cc2Cl)CC1. The van der Waals surface area contributed by atoms with Crippen LogP contribution >= 0.6 is 39.1 Å². The average molecular weight is 479 g/mol. The smallest absolute Gasteiger partial charge is 0.147 e. The van der Waals surface area contributed by atoms with Crippen molar-refractivity contribution in [1.82, 2.24) is 9.55 Å². The molecule has 4 rings (SSSR count). The molecule has 1 aliphatic heterocycles. The van der Waals surface area contributed by atoms with Crippen molar-refractivity contribution >= 4 is 55.9 Å². The molecule has 1 saturated heterocycles. The fourth-order valence-corrected chi connectivity index (χ4v) is 5.50. The number of anilines is 1. The van der Waals surface area contributed by atoms with Gasteiger partial charge < -0.3 is 4.90 Å². The average Bonchev–Trinajstić information content (AvgIpc) is 2.96. The molecule has 0 amide bonds. The monoisotopic (exact) mass is 477 g/mol. The summed E-state index contributed by atoms with van der Waals surface area (Å²) in [4.78, 5) is 7.31. The molecule has 2 radical (unpaired) electrons. The summed E-state index contributed by atoms with van der Waals surface area (Å²) < 4.78 is 2.87. The number of fused-ring (bicyclic) bond motifs is 1. The predicted molar refractivity (Wildman–Crippen MR) is 122 cm³/mol. The minimum atomic E-state index is 0.588. The zero-order valence-electron chi connectivity index (χ0n) is 16.0. The van der Waals surface area contributed by atoms with E-state index in [4.69, 9.17) is 35.1 Å². The zero-order chi connectivity index (χ0) is 20.0. The topological polar surface area (TPSA) is 21.1 Å². The third-order valence-electron chi connectivity index (χ3n) is 5.56. The summed E-state index contributed by atoms with van der Waals surface area (Å²) in [6, 6.07) is 5.91. The van der Waals surface area contributed by atoms with Crippen LogP contribution in [0.2, 0.25) is 10.0 Å². The van der Waals surface area contributed by atoms with Crippen LogP contribution in [0.25, 0.3) is 16.7 Å². The maximum Gasteiger partial charge on any atom is 0.147 e.